The van der Waals surface area contributed by atoms with Crippen LogP contribution in [0.5, 0.6) is 0 Å². The van der Waals surface area contributed by atoms with Crippen molar-refractivity contribution >= 4 is 0 Å². The highest BCUT2D eigenvalue weighted by Crippen LogP contribution is 2.34. The largest absolute Gasteiger partial charge is 0.310 e. The Morgan fingerprint density at radius 1 is 1.05 bits per heavy atom. The molecule has 0 aromatic heterocycles. The van der Waals surface area contributed by atoms with E-state index in [-0.39, 0.29) is 0 Å². The summed E-state index contributed by atoms with van der Waals surface area (Å²) in [5.74, 6) is 0.997. The number of fused-ring (bicyclic) bond motifs is 2. The molecule has 3 aliphatic heterocycles. The zero-order valence-corrected chi connectivity index (χ0v) is 13.1. The zero-order chi connectivity index (χ0) is 13.5. The fraction of sp³-hybridized carbons (Fsp3) is 1.00. The van der Waals surface area contributed by atoms with Crippen molar-refractivity contribution in [3.8, 4) is 0 Å². The molecule has 3 heteroatoms. The first-order valence-electron chi connectivity index (χ1n) is 9.04. The number of nitrogens with zero attached hydrogens (tertiary/aromatic N) is 2. The lowest BCUT2D eigenvalue weighted by atomic mass is 9.85. The van der Waals surface area contributed by atoms with Crippen LogP contribution < -0.4 is 5.32 Å². The maximum absolute atomic E-state index is 3.97. The summed E-state index contributed by atoms with van der Waals surface area (Å²) in [4.78, 5) is 5.53. The Bertz CT molecular complexity index is 331. The van der Waals surface area contributed by atoms with E-state index < -0.39 is 0 Å². The molecule has 3 saturated heterocycles. The van der Waals surface area contributed by atoms with Gasteiger partial charge in [0.25, 0.3) is 0 Å². The van der Waals surface area contributed by atoms with Gasteiger partial charge in [-0.15, -0.1) is 0 Å². The molecule has 0 amide bonds. The molecule has 5 unspecified atom stereocenters. The fourth-order valence-corrected chi connectivity index (χ4v) is 5.36. The van der Waals surface area contributed by atoms with E-state index in [4.69, 9.17) is 0 Å². The quantitative estimate of drug-likeness (QED) is 0.834. The van der Waals surface area contributed by atoms with E-state index in [9.17, 15) is 0 Å². The van der Waals surface area contributed by atoms with Crippen LogP contribution in [-0.2, 0) is 0 Å². The van der Waals surface area contributed by atoms with Crippen molar-refractivity contribution in [3.05, 3.63) is 0 Å². The highest BCUT2D eigenvalue weighted by atomic mass is 15.3. The van der Waals surface area contributed by atoms with Crippen LogP contribution in [0.25, 0.3) is 0 Å². The number of hydrogen-bond donors (Lipinski definition) is 1. The van der Waals surface area contributed by atoms with Gasteiger partial charge in [0.2, 0.25) is 0 Å². The average Bonchev–Trinajstić information content (AvgIpc) is 3.04. The minimum Gasteiger partial charge on any atom is -0.310 e. The van der Waals surface area contributed by atoms with Gasteiger partial charge in [-0.25, -0.2) is 0 Å². The summed E-state index contributed by atoms with van der Waals surface area (Å²) in [6.07, 6.45) is 10.2. The van der Waals surface area contributed by atoms with Crippen LogP contribution in [0.1, 0.15) is 51.9 Å². The summed E-state index contributed by atoms with van der Waals surface area (Å²) in [6.45, 7) is 7.74. The van der Waals surface area contributed by atoms with Crippen LogP contribution in [0.3, 0.4) is 0 Å². The summed E-state index contributed by atoms with van der Waals surface area (Å²) in [5.41, 5.74) is 0. The van der Waals surface area contributed by atoms with Crippen molar-refractivity contribution < 1.29 is 0 Å². The number of piperazine rings is 1. The lowest BCUT2D eigenvalue weighted by Crippen LogP contribution is -2.57. The predicted molar refractivity (Wildman–Crippen MR) is 82.9 cm³/mol. The van der Waals surface area contributed by atoms with Crippen molar-refractivity contribution in [3.63, 3.8) is 0 Å². The van der Waals surface area contributed by atoms with Crippen LogP contribution in [0, 0.1) is 5.92 Å². The molecule has 114 valence electrons. The Hall–Kier alpha value is -0.120. The first-order valence-corrected chi connectivity index (χ1v) is 9.04. The van der Waals surface area contributed by atoms with E-state index in [0.717, 1.165) is 30.1 Å². The second kappa shape index (κ2) is 5.58. The van der Waals surface area contributed by atoms with E-state index in [1.807, 2.05) is 0 Å². The molecule has 3 heterocycles. The molecule has 4 fully saturated rings. The van der Waals surface area contributed by atoms with Gasteiger partial charge < -0.3 is 5.32 Å². The molecule has 0 radical (unpaired) electrons. The van der Waals surface area contributed by atoms with Crippen molar-refractivity contribution in [1.29, 1.82) is 0 Å². The Balaban J connectivity index is 1.34. The molecule has 0 spiro atoms. The van der Waals surface area contributed by atoms with Crippen LogP contribution >= 0.6 is 0 Å². The molecular weight excluding hydrogens is 246 g/mol. The second-order valence-corrected chi connectivity index (χ2v) is 7.84. The van der Waals surface area contributed by atoms with Gasteiger partial charge in [-0.1, -0.05) is 12.8 Å². The summed E-state index contributed by atoms with van der Waals surface area (Å²) >= 11 is 0. The van der Waals surface area contributed by atoms with Crippen LogP contribution in [-0.4, -0.2) is 60.1 Å². The Labute approximate surface area is 124 Å². The van der Waals surface area contributed by atoms with Gasteiger partial charge in [0.15, 0.2) is 0 Å². The maximum Gasteiger partial charge on any atom is 0.0224 e. The van der Waals surface area contributed by atoms with Crippen LogP contribution in [0.15, 0.2) is 0 Å². The molecule has 1 N–H and O–H groups in total. The van der Waals surface area contributed by atoms with Crippen molar-refractivity contribution in [1.82, 2.24) is 15.1 Å². The van der Waals surface area contributed by atoms with Gasteiger partial charge in [0.05, 0.1) is 0 Å². The van der Waals surface area contributed by atoms with E-state index in [0.29, 0.717) is 0 Å². The molecule has 0 aromatic rings. The number of rotatable bonds is 2. The molecule has 0 aromatic carbocycles. The molecule has 4 aliphatic rings. The molecule has 1 saturated carbocycles. The summed E-state index contributed by atoms with van der Waals surface area (Å²) in [7, 11) is 0. The first kappa shape index (κ1) is 13.5. The summed E-state index contributed by atoms with van der Waals surface area (Å²) < 4.78 is 0. The molecule has 3 nitrogen and oxygen atoms in total. The molecular formula is C17H31N3. The summed E-state index contributed by atoms with van der Waals surface area (Å²) in [6, 6.07) is 3.26. The van der Waals surface area contributed by atoms with Gasteiger partial charge >= 0.3 is 0 Å². The third-order valence-corrected chi connectivity index (χ3v) is 6.47. The highest BCUT2D eigenvalue weighted by molar-refractivity contribution is 4.97. The van der Waals surface area contributed by atoms with Gasteiger partial charge in [0, 0.05) is 43.8 Å². The fourth-order valence-electron chi connectivity index (χ4n) is 5.36. The van der Waals surface area contributed by atoms with Crippen LogP contribution in [0.2, 0.25) is 0 Å². The van der Waals surface area contributed by atoms with E-state index >= 15 is 0 Å². The standard InChI is InChI=1S/C17H31N3/c1-13-10-19-8-4-6-16(19)12-20(13)11-15-9-14-5-2-3-7-17(14)18-15/h13-18H,2-12H2,1H3. The minimum absolute atomic E-state index is 0.758. The van der Waals surface area contributed by atoms with Gasteiger partial charge in [-0.05, 0) is 51.5 Å². The normalized spacial score (nSPS) is 46.4. The lowest BCUT2D eigenvalue weighted by molar-refractivity contribution is 0.0535. The molecule has 5 atom stereocenters. The smallest absolute Gasteiger partial charge is 0.0224 e. The topological polar surface area (TPSA) is 18.5 Å². The van der Waals surface area contributed by atoms with Crippen LogP contribution in [0.4, 0.5) is 0 Å². The van der Waals surface area contributed by atoms with Crippen molar-refractivity contribution in [2.75, 3.05) is 26.2 Å². The number of hydrogen-bond acceptors (Lipinski definition) is 3. The predicted octanol–water partition coefficient (Wildman–Crippen LogP) is 2.08. The van der Waals surface area contributed by atoms with Gasteiger partial charge in [-0.2, -0.15) is 0 Å². The maximum atomic E-state index is 3.97. The van der Waals surface area contributed by atoms with Gasteiger partial charge in [0.1, 0.15) is 0 Å². The Morgan fingerprint density at radius 2 is 1.95 bits per heavy atom. The highest BCUT2D eigenvalue weighted by Gasteiger charge is 2.39. The number of nitrogens with one attached hydrogen (secondary N) is 1. The lowest BCUT2D eigenvalue weighted by Gasteiger charge is -2.43. The van der Waals surface area contributed by atoms with E-state index in [1.165, 1.54) is 71.1 Å². The monoisotopic (exact) mass is 277 g/mol. The minimum atomic E-state index is 0.758. The third-order valence-electron chi connectivity index (χ3n) is 6.47. The Morgan fingerprint density at radius 3 is 2.85 bits per heavy atom. The van der Waals surface area contributed by atoms with Crippen molar-refractivity contribution in [2.24, 2.45) is 5.92 Å². The summed E-state index contributed by atoms with van der Waals surface area (Å²) in [5, 5.41) is 3.97. The van der Waals surface area contributed by atoms with Gasteiger partial charge in [-0.3, -0.25) is 9.80 Å². The SMILES string of the molecule is CC1CN2CCCC2CN1CC1CC2CCCCC2N1. The molecule has 4 rings (SSSR count). The second-order valence-electron chi connectivity index (χ2n) is 7.84. The van der Waals surface area contributed by atoms with E-state index in [1.54, 1.807) is 0 Å². The Kier molecular flexibility index (Phi) is 3.78. The average molecular weight is 277 g/mol. The third kappa shape index (κ3) is 2.53. The van der Waals surface area contributed by atoms with E-state index in [2.05, 4.69) is 22.0 Å². The molecule has 1 aliphatic carbocycles. The zero-order valence-electron chi connectivity index (χ0n) is 13.1. The van der Waals surface area contributed by atoms with Crippen molar-refractivity contribution in [2.45, 2.75) is 76.0 Å². The first-order chi connectivity index (χ1) is 9.79. The molecule has 20 heavy (non-hydrogen) atoms. The molecule has 0 bridgehead atoms.